The minimum Gasteiger partial charge on any atom is -0.282 e. The maximum absolute atomic E-state index is 10.1. The van der Waals surface area contributed by atoms with Gasteiger partial charge in [0.15, 0.2) is 0 Å². The van der Waals surface area contributed by atoms with E-state index in [1.54, 1.807) is 0 Å². The molecule has 0 heterocycles. The Morgan fingerprint density at radius 3 is 2.50 bits per heavy atom. The first kappa shape index (κ1) is 10.1. The van der Waals surface area contributed by atoms with Gasteiger partial charge in [0.2, 0.25) is 0 Å². The molecule has 0 aromatic rings. The molecule has 0 bridgehead atoms. The summed E-state index contributed by atoms with van der Waals surface area (Å²) in [7, 11) is -3.90. The van der Waals surface area contributed by atoms with Gasteiger partial charge in [0.1, 0.15) is 0 Å². The minimum absolute atomic E-state index is 0.658. The lowest BCUT2D eigenvalue weighted by atomic mass is 10.3. The van der Waals surface area contributed by atoms with Gasteiger partial charge in [-0.3, -0.25) is 4.55 Å². The molecule has 0 spiro atoms. The van der Waals surface area contributed by atoms with Crippen molar-refractivity contribution in [2.75, 3.05) is 5.33 Å². The molecule has 0 aliphatic heterocycles. The molecule has 3 nitrogen and oxygen atoms in total. The van der Waals surface area contributed by atoms with E-state index in [0.717, 1.165) is 17.2 Å². The molecule has 0 atom stereocenters. The van der Waals surface area contributed by atoms with Crippen LogP contribution in [0.25, 0.3) is 0 Å². The average Bonchev–Trinajstić information content (AvgIpc) is 1.78. The van der Waals surface area contributed by atoms with E-state index in [1.165, 1.54) is 6.08 Å². The monoisotopic (exact) mass is 228 g/mol. The van der Waals surface area contributed by atoms with E-state index in [2.05, 4.69) is 15.9 Å². The van der Waals surface area contributed by atoms with Gasteiger partial charge in [-0.15, -0.1) is 0 Å². The molecule has 5 heteroatoms. The summed E-state index contributed by atoms with van der Waals surface area (Å²) >= 11 is 3.18. The Bertz CT molecular complexity index is 195. The summed E-state index contributed by atoms with van der Waals surface area (Å²) in [4.78, 5) is 0. The maximum Gasteiger partial charge on any atom is 0.287 e. The summed E-state index contributed by atoms with van der Waals surface area (Å²) in [6.07, 6.45) is 2.95. The summed E-state index contributed by atoms with van der Waals surface area (Å²) in [5.41, 5.74) is 0. The van der Waals surface area contributed by atoms with Crippen LogP contribution in [0.2, 0.25) is 0 Å². The van der Waals surface area contributed by atoms with Crippen LogP contribution in [0.4, 0.5) is 0 Å². The van der Waals surface area contributed by atoms with Gasteiger partial charge in [0.25, 0.3) is 10.1 Å². The van der Waals surface area contributed by atoms with Crippen molar-refractivity contribution < 1.29 is 13.0 Å². The van der Waals surface area contributed by atoms with E-state index in [4.69, 9.17) is 4.55 Å². The highest BCUT2D eigenvalue weighted by Gasteiger charge is 1.92. The number of hydrogen-bond acceptors (Lipinski definition) is 2. The summed E-state index contributed by atoms with van der Waals surface area (Å²) in [5, 5.41) is 1.64. The fourth-order valence-corrected chi connectivity index (χ4v) is 1.09. The van der Waals surface area contributed by atoms with Crippen LogP contribution in [0, 0.1) is 0 Å². The lowest BCUT2D eigenvalue weighted by molar-refractivity contribution is 0.494. The molecular formula is C5H9BrO3S. The number of rotatable bonds is 4. The Morgan fingerprint density at radius 2 is 2.10 bits per heavy atom. The van der Waals surface area contributed by atoms with Crippen molar-refractivity contribution in [3.05, 3.63) is 11.5 Å². The summed E-state index contributed by atoms with van der Waals surface area (Å²) in [6.45, 7) is 0. The Labute approximate surface area is 69.0 Å². The molecule has 0 aromatic carbocycles. The SMILES string of the molecule is O=S(=O)(O)C=CCCCBr. The molecule has 1 N–H and O–H groups in total. The molecule has 0 aromatic heterocycles. The molecule has 0 fully saturated rings. The third kappa shape index (κ3) is 8.13. The van der Waals surface area contributed by atoms with Crippen LogP contribution in [0.1, 0.15) is 12.8 Å². The molecule has 0 aliphatic rings. The van der Waals surface area contributed by atoms with E-state index in [0.29, 0.717) is 6.42 Å². The molecule has 10 heavy (non-hydrogen) atoms. The summed E-state index contributed by atoms with van der Waals surface area (Å²) < 4.78 is 28.3. The molecule has 60 valence electrons. The van der Waals surface area contributed by atoms with Crippen molar-refractivity contribution in [1.82, 2.24) is 0 Å². The second-order valence-corrected chi connectivity index (χ2v) is 3.81. The quantitative estimate of drug-likeness (QED) is 0.452. The van der Waals surface area contributed by atoms with Gasteiger partial charge < -0.3 is 0 Å². The first-order chi connectivity index (χ1) is 4.56. The zero-order valence-electron chi connectivity index (χ0n) is 5.33. The Hall–Kier alpha value is 0.130. The van der Waals surface area contributed by atoms with Crippen molar-refractivity contribution in [3.63, 3.8) is 0 Å². The predicted molar refractivity (Wildman–Crippen MR) is 43.7 cm³/mol. The normalized spacial score (nSPS) is 12.6. The third-order valence-corrected chi connectivity index (χ3v) is 1.87. The molecule has 0 rings (SSSR count). The van der Waals surface area contributed by atoms with Crippen molar-refractivity contribution in [1.29, 1.82) is 0 Å². The first-order valence-corrected chi connectivity index (χ1v) is 5.39. The van der Waals surface area contributed by atoms with Crippen LogP contribution in [-0.2, 0) is 10.1 Å². The average molecular weight is 229 g/mol. The molecule has 0 saturated carbocycles. The summed E-state index contributed by atoms with van der Waals surface area (Å²) in [6, 6.07) is 0. The molecular weight excluding hydrogens is 220 g/mol. The van der Waals surface area contributed by atoms with Crippen LogP contribution < -0.4 is 0 Å². The standard InChI is InChI=1S/C5H9BrO3S/c6-4-2-1-3-5-10(7,8)9/h3,5H,1-2,4H2,(H,7,8,9). The Balaban J connectivity index is 3.58. The summed E-state index contributed by atoms with van der Waals surface area (Å²) in [5.74, 6) is 0. The van der Waals surface area contributed by atoms with Crippen molar-refractivity contribution in [2.45, 2.75) is 12.8 Å². The van der Waals surface area contributed by atoms with E-state index >= 15 is 0 Å². The highest BCUT2D eigenvalue weighted by Crippen LogP contribution is 1.96. The fraction of sp³-hybridized carbons (Fsp3) is 0.600. The second-order valence-electron chi connectivity index (χ2n) is 1.72. The number of unbranched alkanes of at least 4 members (excludes halogenated alkanes) is 1. The fourth-order valence-electron chi connectivity index (χ4n) is 0.385. The van der Waals surface area contributed by atoms with Gasteiger partial charge in [0, 0.05) is 5.33 Å². The van der Waals surface area contributed by atoms with Crippen molar-refractivity contribution in [2.24, 2.45) is 0 Å². The number of hydrogen-bond donors (Lipinski definition) is 1. The number of allylic oxidation sites excluding steroid dienone is 1. The van der Waals surface area contributed by atoms with Crippen molar-refractivity contribution in [3.8, 4) is 0 Å². The van der Waals surface area contributed by atoms with Gasteiger partial charge in [-0.05, 0) is 12.8 Å². The van der Waals surface area contributed by atoms with Crippen LogP contribution in [-0.4, -0.2) is 18.3 Å². The van der Waals surface area contributed by atoms with Crippen LogP contribution >= 0.6 is 15.9 Å². The lowest BCUT2D eigenvalue weighted by Crippen LogP contribution is -1.88. The molecule has 0 radical (unpaired) electrons. The molecule has 0 unspecified atom stereocenters. The molecule has 0 amide bonds. The smallest absolute Gasteiger partial charge is 0.282 e. The van der Waals surface area contributed by atoms with Crippen LogP contribution in [0.5, 0.6) is 0 Å². The third-order valence-electron chi connectivity index (χ3n) is 0.773. The van der Waals surface area contributed by atoms with E-state index in [-0.39, 0.29) is 0 Å². The topological polar surface area (TPSA) is 54.4 Å². The Morgan fingerprint density at radius 1 is 1.50 bits per heavy atom. The largest absolute Gasteiger partial charge is 0.287 e. The highest BCUT2D eigenvalue weighted by atomic mass is 79.9. The van der Waals surface area contributed by atoms with Gasteiger partial charge in [-0.25, -0.2) is 0 Å². The van der Waals surface area contributed by atoms with Gasteiger partial charge >= 0.3 is 0 Å². The maximum atomic E-state index is 10.1. The van der Waals surface area contributed by atoms with Gasteiger partial charge in [0.05, 0.1) is 5.41 Å². The van der Waals surface area contributed by atoms with Crippen LogP contribution in [0.3, 0.4) is 0 Å². The predicted octanol–water partition coefficient (Wildman–Crippen LogP) is 1.56. The molecule has 0 saturated heterocycles. The zero-order chi connectivity index (χ0) is 8.04. The highest BCUT2D eigenvalue weighted by molar-refractivity contribution is 9.09. The van der Waals surface area contributed by atoms with Crippen molar-refractivity contribution >= 4 is 26.0 Å². The minimum atomic E-state index is -3.90. The second kappa shape index (κ2) is 4.87. The van der Waals surface area contributed by atoms with Crippen LogP contribution in [0.15, 0.2) is 11.5 Å². The van der Waals surface area contributed by atoms with E-state index in [9.17, 15) is 8.42 Å². The van der Waals surface area contributed by atoms with Gasteiger partial charge in [-0.1, -0.05) is 22.0 Å². The number of halogens is 1. The van der Waals surface area contributed by atoms with E-state index < -0.39 is 10.1 Å². The zero-order valence-corrected chi connectivity index (χ0v) is 7.73. The lowest BCUT2D eigenvalue weighted by Gasteiger charge is -1.85. The number of alkyl halides is 1. The first-order valence-electron chi connectivity index (χ1n) is 2.76. The van der Waals surface area contributed by atoms with Gasteiger partial charge in [-0.2, -0.15) is 8.42 Å². The molecule has 0 aliphatic carbocycles. The van der Waals surface area contributed by atoms with E-state index in [1.807, 2.05) is 0 Å². The Kier molecular flexibility index (Phi) is 4.93.